The fraction of sp³-hybridized carbons (Fsp3) is 0.667. The van der Waals surface area contributed by atoms with Crippen LogP contribution in [0.25, 0.3) is 0 Å². The maximum Gasteiger partial charge on any atom is 0.306 e. The van der Waals surface area contributed by atoms with Gasteiger partial charge >= 0.3 is 5.95 Å². The maximum absolute atomic E-state index is 14.2. The second-order valence-corrected chi connectivity index (χ2v) is 14.7. The topological polar surface area (TPSA) is 27.7 Å². The Kier molecular flexibility index (Phi) is 6.15. The van der Waals surface area contributed by atoms with Gasteiger partial charge < -0.3 is 13.6 Å². The van der Waals surface area contributed by atoms with E-state index >= 15 is 0 Å². The van der Waals surface area contributed by atoms with Crippen LogP contribution in [0.5, 0.6) is 0 Å². The summed E-state index contributed by atoms with van der Waals surface area (Å²) in [6.07, 6.45) is 0. The first-order valence-corrected chi connectivity index (χ1v) is 12.9. The van der Waals surface area contributed by atoms with E-state index < -0.39 is 22.5 Å². The van der Waals surface area contributed by atoms with Crippen molar-refractivity contribution in [1.82, 2.24) is 0 Å². The monoisotopic (exact) mass is 292 g/mol. The zero-order chi connectivity index (χ0) is 14.6. The van der Waals surface area contributed by atoms with E-state index in [1.54, 1.807) is 6.92 Å². The second-order valence-electron chi connectivity index (χ2n) is 5.89. The Morgan fingerprint density at radius 3 is 1.78 bits per heavy atom. The number of halogens is 1. The Balaban J connectivity index is 5.03. The third kappa shape index (κ3) is 7.55. The average molecular weight is 292 g/mol. The van der Waals surface area contributed by atoms with Gasteiger partial charge in [-0.2, -0.15) is 4.39 Å². The zero-order valence-corrected chi connectivity index (χ0v) is 14.5. The smallest absolute Gasteiger partial charge is 0.306 e. The van der Waals surface area contributed by atoms with Crippen molar-refractivity contribution >= 4 is 16.6 Å². The fourth-order valence-corrected chi connectivity index (χ4v) is 2.61. The van der Waals surface area contributed by atoms with Crippen molar-refractivity contribution in [2.75, 3.05) is 6.61 Å². The molecule has 0 atom stereocenters. The van der Waals surface area contributed by atoms with Crippen LogP contribution < -0.4 is 0 Å². The van der Waals surface area contributed by atoms with Gasteiger partial charge in [0.05, 0.1) is 6.61 Å². The van der Waals surface area contributed by atoms with Crippen molar-refractivity contribution in [2.24, 2.45) is 0 Å². The molecule has 0 heterocycles. The van der Waals surface area contributed by atoms with E-state index in [9.17, 15) is 4.39 Å². The van der Waals surface area contributed by atoms with E-state index in [4.69, 9.17) is 13.6 Å². The summed E-state index contributed by atoms with van der Waals surface area (Å²) in [7, 11) is -3.82. The molecule has 0 unspecified atom stereocenters. The molecule has 106 valence electrons. The molecule has 0 N–H and O–H groups in total. The number of hydrogen-bond donors (Lipinski definition) is 0. The molecule has 0 aliphatic heterocycles. The molecule has 0 amide bonds. The quantitative estimate of drug-likeness (QED) is 0.396. The molecule has 0 spiro atoms. The number of ether oxygens (including phenoxy) is 1. The molecule has 0 fully saturated rings. The van der Waals surface area contributed by atoms with Gasteiger partial charge in [0.1, 0.15) is 5.76 Å². The minimum atomic E-state index is -1.93. The summed E-state index contributed by atoms with van der Waals surface area (Å²) in [4.78, 5) is 0. The van der Waals surface area contributed by atoms with Gasteiger partial charge in [0.15, 0.2) is 0 Å². The number of rotatable bonds is 7. The summed E-state index contributed by atoms with van der Waals surface area (Å²) in [6, 6.07) is 0. The normalized spacial score (nSPS) is 13.8. The second kappa shape index (κ2) is 6.42. The summed E-state index contributed by atoms with van der Waals surface area (Å²) in [5, 5.41) is 0. The Morgan fingerprint density at radius 1 is 1.00 bits per heavy atom. The van der Waals surface area contributed by atoms with Crippen molar-refractivity contribution in [3.63, 3.8) is 0 Å². The van der Waals surface area contributed by atoms with Crippen LogP contribution in [0.1, 0.15) is 6.92 Å². The molecule has 0 radical (unpaired) electrons. The van der Waals surface area contributed by atoms with Gasteiger partial charge in [0, 0.05) is 0 Å². The third-order valence-corrected chi connectivity index (χ3v) is 3.18. The van der Waals surface area contributed by atoms with Crippen LogP contribution in [0.3, 0.4) is 0 Å². The van der Waals surface area contributed by atoms with Crippen molar-refractivity contribution in [2.45, 2.75) is 46.2 Å². The predicted octanol–water partition coefficient (Wildman–Crippen LogP) is 4.38. The minimum absolute atomic E-state index is 0.00383. The number of hydrogen-bond acceptors (Lipinski definition) is 3. The Bertz CT molecular complexity index is 327. The highest BCUT2D eigenvalue weighted by Crippen LogP contribution is 2.24. The molecule has 0 aromatic heterocycles. The minimum Gasteiger partial charge on any atom is -0.543 e. The maximum atomic E-state index is 14.2. The SMILES string of the molecule is C=C(O[Si](C)(C)C)C(F)=C(OCC)O[Si](C)(C)C. The van der Waals surface area contributed by atoms with Gasteiger partial charge in [0.2, 0.25) is 22.5 Å². The van der Waals surface area contributed by atoms with Crippen LogP contribution in [0, 0.1) is 0 Å². The van der Waals surface area contributed by atoms with E-state index in [0.717, 1.165) is 0 Å². The van der Waals surface area contributed by atoms with Crippen molar-refractivity contribution in [3.05, 3.63) is 24.1 Å². The molecule has 3 nitrogen and oxygen atoms in total. The molecule has 0 aliphatic carbocycles. The highest BCUT2D eigenvalue weighted by Gasteiger charge is 2.26. The first-order chi connectivity index (χ1) is 7.96. The first kappa shape index (κ1) is 17.2. The molecule has 0 saturated carbocycles. The highest BCUT2D eigenvalue weighted by atomic mass is 28.4. The molecule has 0 rings (SSSR count). The zero-order valence-electron chi connectivity index (χ0n) is 12.5. The predicted molar refractivity (Wildman–Crippen MR) is 77.8 cm³/mol. The first-order valence-electron chi connectivity index (χ1n) is 6.06. The van der Waals surface area contributed by atoms with Gasteiger partial charge in [-0.05, 0) is 46.2 Å². The van der Waals surface area contributed by atoms with Crippen LogP contribution in [-0.4, -0.2) is 23.2 Å². The van der Waals surface area contributed by atoms with E-state index in [1.807, 2.05) is 39.3 Å². The van der Waals surface area contributed by atoms with Crippen LogP contribution in [-0.2, 0) is 13.6 Å². The summed E-state index contributed by atoms with van der Waals surface area (Å²) < 4.78 is 30.4. The fourth-order valence-electron chi connectivity index (χ4n) is 1.08. The lowest BCUT2D eigenvalue weighted by atomic mass is 10.5. The van der Waals surface area contributed by atoms with E-state index in [1.165, 1.54) is 0 Å². The van der Waals surface area contributed by atoms with Gasteiger partial charge in [-0.15, -0.1) is 0 Å². The summed E-state index contributed by atoms with van der Waals surface area (Å²) in [5.41, 5.74) is 0. The van der Waals surface area contributed by atoms with E-state index in [-0.39, 0.29) is 11.7 Å². The van der Waals surface area contributed by atoms with E-state index in [0.29, 0.717) is 6.61 Å². The summed E-state index contributed by atoms with van der Waals surface area (Å²) >= 11 is 0. The van der Waals surface area contributed by atoms with Crippen molar-refractivity contribution < 1.29 is 18.0 Å². The molecule has 6 heteroatoms. The lowest BCUT2D eigenvalue weighted by Gasteiger charge is -2.24. The van der Waals surface area contributed by atoms with Crippen molar-refractivity contribution in [1.29, 1.82) is 0 Å². The van der Waals surface area contributed by atoms with E-state index in [2.05, 4.69) is 6.58 Å². The van der Waals surface area contributed by atoms with Gasteiger partial charge in [-0.3, -0.25) is 0 Å². The Hall–Kier alpha value is -0.756. The molecule has 0 aromatic rings. The van der Waals surface area contributed by atoms with Crippen LogP contribution in [0.15, 0.2) is 24.1 Å². The highest BCUT2D eigenvalue weighted by molar-refractivity contribution is 6.70. The number of allylic oxidation sites excluding steroid dienone is 1. The molecular weight excluding hydrogens is 267 g/mol. The van der Waals surface area contributed by atoms with Gasteiger partial charge in [0.25, 0.3) is 0 Å². The van der Waals surface area contributed by atoms with Crippen LogP contribution in [0.2, 0.25) is 39.3 Å². The summed E-state index contributed by atoms with van der Waals surface area (Å²) in [6.45, 7) is 17.5. The average Bonchev–Trinajstić information content (AvgIpc) is 2.11. The third-order valence-electron chi connectivity index (χ3n) is 1.53. The lowest BCUT2D eigenvalue weighted by molar-refractivity contribution is 0.0985. The van der Waals surface area contributed by atoms with Crippen LogP contribution >= 0.6 is 0 Å². The summed E-state index contributed by atoms with van der Waals surface area (Å²) in [5.74, 6) is -0.738. The lowest BCUT2D eigenvalue weighted by Crippen LogP contribution is -2.28. The molecule has 0 saturated heterocycles. The van der Waals surface area contributed by atoms with Gasteiger partial charge in [-0.25, -0.2) is 0 Å². The molecule has 0 aromatic carbocycles. The molecule has 0 aliphatic rings. The Labute approximate surface area is 112 Å². The van der Waals surface area contributed by atoms with Crippen LogP contribution in [0.4, 0.5) is 4.39 Å². The molecule has 18 heavy (non-hydrogen) atoms. The largest absolute Gasteiger partial charge is 0.543 e. The molecular formula is C12H25FO3Si2. The van der Waals surface area contributed by atoms with Crippen molar-refractivity contribution in [3.8, 4) is 0 Å². The Morgan fingerprint density at radius 2 is 1.44 bits per heavy atom. The molecule has 0 bridgehead atoms. The van der Waals surface area contributed by atoms with Gasteiger partial charge in [-0.1, -0.05) is 6.58 Å². The standard InChI is InChI=1S/C12H25FO3Si2/c1-9-14-12(16-18(6,7)8)11(13)10(2)15-17(3,4)5/h2,9H2,1,3-8H3.